The van der Waals surface area contributed by atoms with Gasteiger partial charge in [-0.25, -0.2) is 9.59 Å². The summed E-state index contributed by atoms with van der Waals surface area (Å²) in [6.45, 7) is 3.46. The Labute approximate surface area is 123 Å². The number of primary amides is 1. The molecule has 116 valence electrons. The van der Waals surface area contributed by atoms with Crippen LogP contribution in [0.15, 0.2) is 0 Å². The number of carbonyl (C=O) groups is 3. The maximum atomic E-state index is 11.8. The number of rotatable bonds is 8. The minimum absolute atomic E-state index is 0.297. The SMILES string of the molecule is CC(C)(S)[C@H](NC(=O)[C@@H](N)CCCNC(N)=O)C(=O)O. The van der Waals surface area contributed by atoms with E-state index in [9.17, 15) is 14.4 Å². The van der Waals surface area contributed by atoms with Gasteiger partial charge < -0.3 is 27.2 Å². The second-order valence-corrected chi connectivity index (χ2v) is 6.13. The third-order valence-electron chi connectivity index (χ3n) is 2.57. The number of nitrogens with one attached hydrogen (secondary N) is 2. The lowest BCUT2D eigenvalue weighted by Crippen LogP contribution is -2.55. The van der Waals surface area contributed by atoms with Gasteiger partial charge in [0.05, 0.1) is 6.04 Å². The molecule has 20 heavy (non-hydrogen) atoms. The van der Waals surface area contributed by atoms with Crippen LogP contribution in [0.5, 0.6) is 0 Å². The number of urea groups is 1. The van der Waals surface area contributed by atoms with Crippen LogP contribution < -0.4 is 22.1 Å². The third-order valence-corrected chi connectivity index (χ3v) is 2.83. The molecule has 7 N–H and O–H groups in total. The Morgan fingerprint density at radius 2 is 1.90 bits per heavy atom. The Hall–Kier alpha value is -1.48. The van der Waals surface area contributed by atoms with E-state index in [4.69, 9.17) is 16.6 Å². The van der Waals surface area contributed by atoms with E-state index in [1.54, 1.807) is 13.8 Å². The summed E-state index contributed by atoms with van der Waals surface area (Å²) in [7, 11) is 0. The molecule has 2 atom stereocenters. The Bertz CT molecular complexity index is 370. The van der Waals surface area contributed by atoms with E-state index in [-0.39, 0.29) is 0 Å². The quantitative estimate of drug-likeness (QED) is 0.252. The van der Waals surface area contributed by atoms with Gasteiger partial charge in [0.2, 0.25) is 5.91 Å². The van der Waals surface area contributed by atoms with Crippen molar-refractivity contribution in [2.75, 3.05) is 6.54 Å². The Morgan fingerprint density at radius 3 is 2.30 bits per heavy atom. The number of nitrogens with two attached hydrogens (primary N) is 2. The number of hydrogen-bond acceptors (Lipinski definition) is 5. The van der Waals surface area contributed by atoms with Crippen molar-refractivity contribution in [3.05, 3.63) is 0 Å². The van der Waals surface area contributed by atoms with Crippen molar-refractivity contribution in [2.45, 2.75) is 43.5 Å². The molecule has 0 fully saturated rings. The molecule has 0 rings (SSSR count). The van der Waals surface area contributed by atoms with Crippen LogP contribution in [0.4, 0.5) is 4.79 Å². The number of carboxylic acids is 1. The van der Waals surface area contributed by atoms with E-state index in [2.05, 4.69) is 23.3 Å². The molecule has 9 heteroatoms. The van der Waals surface area contributed by atoms with E-state index >= 15 is 0 Å². The number of carboxylic acid groups (broad SMARTS) is 1. The van der Waals surface area contributed by atoms with E-state index in [0.717, 1.165) is 0 Å². The van der Waals surface area contributed by atoms with Crippen LogP contribution in [0.25, 0.3) is 0 Å². The third kappa shape index (κ3) is 7.19. The first-order valence-corrected chi connectivity index (χ1v) is 6.55. The van der Waals surface area contributed by atoms with Gasteiger partial charge in [0.1, 0.15) is 6.04 Å². The van der Waals surface area contributed by atoms with Crippen molar-refractivity contribution in [1.82, 2.24) is 10.6 Å². The smallest absolute Gasteiger partial charge is 0.327 e. The number of carbonyl (C=O) groups excluding carboxylic acids is 2. The normalized spacial score (nSPS) is 14.2. The highest BCUT2D eigenvalue weighted by Gasteiger charge is 2.34. The number of amides is 3. The van der Waals surface area contributed by atoms with Crippen molar-refractivity contribution in [2.24, 2.45) is 11.5 Å². The zero-order valence-electron chi connectivity index (χ0n) is 11.5. The summed E-state index contributed by atoms with van der Waals surface area (Å²) < 4.78 is -0.922. The molecule has 3 amide bonds. The first kappa shape index (κ1) is 18.5. The summed E-state index contributed by atoms with van der Waals surface area (Å²) in [5, 5.41) is 13.8. The van der Waals surface area contributed by atoms with Crippen LogP contribution in [-0.4, -0.2) is 46.4 Å². The average molecular weight is 306 g/mol. The number of aliphatic carboxylic acids is 1. The monoisotopic (exact) mass is 306 g/mol. The molecule has 0 bridgehead atoms. The van der Waals surface area contributed by atoms with Gasteiger partial charge in [-0.1, -0.05) is 0 Å². The molecule has 0 aromatic rings. The summed E-state index contributed by atoms with van der Waals surface area (Å²) in [4.78, 5) is 33.3. The standard InChI is InChI=1S/C11H22N4O4S/c1-11(2,20)7(9(17)18)15-8(16)6(12)4-3-5-14-10(13)19/h6-7,20H,3-5,12H2,1-2H3,(H,15,16)(H,17,18)(H3,13,14,19)/t6-,7+/m0/s1. The number of thiol groups is 1. The lowest BCUT2D eigenvalue weighted by atomic mass is 10.0. The number of hydrogen-bond donors (Lipinski definition) is 6. The fraction of sp³-hybridized carbons (Fsp3) is 0.727. The van der Waals surface area contributed by atoms with Gasteiger partial charge in [-0.15, -0.1) is 0 Å². The molecule has 0 saturated carbocycles. The lowest BCUT2D eigenvalue weighted by molar-refractivity contribution is -0.142. The molecule has 8 nitrogen and oxygen atoms in total. The van der Waals surface area contributed by atoms with E-state index in [1.165, 1.54) is 0 Å². The summed E-state index contributed by atoms with van der Waals surface area (Å²) in [6, 6.07) is -2.65. The minimum Gasteiger partial charge on any atom is -0.480 e. The molecule has 0 aromatic heterocycles. The van der Waals surface area contributed by atoms with Crippen molar-refractivity contribution < 1.29 is 19.5 Å². The first-order chi connectivity index (χ1) is 9.05. The van der Waals surface area contributed by atoms with Crippen LogP contribution in [0.3, 0.4) is 0 Å². The van der Waals surface area contributed by atoms with E-state index < -0.39 is 34.7 Å². The van der Waals surface area contributed by atoms with Crippen LogP contribution in [-0.2, 0) is 9.59 Å². The zero-order valence-corrected chi connectivity index (χ0v) is 12.4. The Morgan fingerprint density at radius 1 is 1.35 bits per heavy atom. The Kier molecular flexibility index (Phi) is 7.36. The largest absolute Gasteiger partial charge is 0.480 e. The highest BCUT2D eigenvalue weighted by atomic mass is 32.1. The van der Waals surface area contributed by atoms with Crippen LogP contribution in [0.2, 0.25) is 0 Å². The maximum Gasteiger partial charge on any atom is 0.327 e. The molecule has 0 radical (unpaired) electrons. The van der Waals surface area contributed by atoms with E-state index in [1.807, 2.05) is 0 Å². The van der Waals surface area contributed by atoms with Gasteiger partial charge in [0.15, 0.2) is 0 Å². The highest BCUT2D eigenvalue weighted by molar-refractivity contribution is 7.81. The molecule has 0 heterocycles. The van der Waals surface area contributed by atoms with Crippen LogP contribution >= 0.6 is 12.6 Å². The molecular weight excluding hydrogens is 284 g/mol. The van der Waals surface area contributed by atoms with Crippen molar-refractivity contribution >= 4 is 30.5 Å². The van der Waals surface area contributed by atoms with Gasteiger partial charge in [-0.3, -0.25) is 4.79 Å². The first-order valence-electron chi connectivity index (χ1n) is 6.10. The topological polar surface area (TPSA) is 148 Å². The fourth-order valence-corrected chi connectivity index (χ4v) is 1.63. The van der Waals surface area contributed by atoms with Crippen LogP contribution in [0.1, 0.15) is 26.7 Å². The zero-order chi connectivity index (χ0) is 15.9. The molecule has 0 aliphatic heterocycles. The van der Waals surface area contributed by atoms with Gasteiger partial charge in [-0.05, 0) is 26.7 Å². The summed E-state index contributed by atoms with van der Waals surface area (Å²) in [5.41, 5.74) is 10.5. The predicted molar refractivity (Wildman–Crippen MR) is 77.4 cm³/mol. The maximum absolute atomic E-state index is 11.8. The van der Waals surface area contributed by atoms with E-state index in [0.29, 0.717) is 19.4 Å². The summed E-state index contributed by atoms with van der Waals surface area (Å²) in [6.07, 6.45) is 0.755. The second kappa shape index (κ2) is 7.95. The lowest BCUT2D eigenvalue weighted by Gasteiger charge is -2.28. The van der Waals surface area contributed by atoms with Gasteiger partial charge in [0, 0.05) is 11.3 Å². The molecule has 0 spiro atoms. The molecule has 0 aromatic carbocycles. The minimum atomic E-state index is -1.18. The van der Waals surface area contributed by atoms with Gasteiger partial charge in [-0.2, -0.15) is 12.6 Å². The van der Waals surface area contributed by atoms with Crippen molar-refractivity contribution in [3.8, 4) is 0 Å². The molecule has 0 aliphatic rings. The molecule has 0 saturated heterocycles. The highest BCUT2D eigenvalue weighted by Crippen LogP contribution is 2.18. The fourth-order valence-electron chi connectivity index (χ4n) is 1.45. The van der Waals surface area contributed by atoms with Gasteiger partial charge >= 0.3 is 12.0 Å². The van der Waals surface area contributed by atoms with Crippen LogP contribution in [0, 0.1) is 0 Å². The predicted octanol–water partition coefficient (Wildman–Crippen LogP) is -0.960. The molecule has 0 aliphatic carbocycles. The van der Waals surface area contributed by atoms with Gasteiger partial charge in [0.25, 0.3) is 0 Å². The Balaban J connectivity index is 4.30. The van der Waals surface area contributed by atoms with Crippen molar-refractivity contribution in [1.29, 1.82) is 0 Å². The summed E-state index contributed by atoms with van der Waals surface area (Å²) in [5.74, 6) is -1.75. The summed E-state index contributed by atoms with van der Waals surface area (Å²) >= 11 is 4.14. The second-order valence-electron chi connectivity index (χ2n) is 4.97. The molecular formula is C11H22N4O4S. The molecule has 0 unspecified atom stereocenters. The van der Waals surface area contributed by atoms with Crippen molar-refractivity contribution in [3.63, 3.8) is 0 Å². The average Bonchev–Trinajstić information content (AvgIpc) is 2.28.